The van der Waals surface area contributed by atoms with E-state index in [0.29, 0.717) is 29.3 Å². The van der Waals surface area contributed by atoms with E-state index in [9.17, 15) is 24.8 Å². The van der Waals surface area contributed by atoms with Crippen molar-refractivity contribution >= 4 is 29.6 Å². The van der Waals surface area contributed by atoms with Crippen LogP contribution >= 0.6 is 0 Å². The first-order chi connectivity index (χ1) is 22.4. The van der Waals surface area contributed by atoms with E-state index in [1.54, 1.807) is 32.0 Å². The van der Waals surface area contributed by atoms with Gasteiger partial charge in [0.05, 0.1) is 54.6 Å². The summed E-state index contributed by atoms with van der Waals surface area (Å²) in [6, 6.07) is 14.9. The van der Waals surface area contributed by atoms with Crippen LogP contribution in [-0.4, -0.2) is 96.9 Å². The van der Waals surface area contributed by atoms with E-state index in [4.69, 9.17) is 38.7 Å². The van der Waals surface area contributed by atoms with Crippen molar-refractivity contribution in [2.45, 2.75) is 25.9 Å². The van der Waals surface area contributed by atoms with E-state index in [0.717, 1.165) is 0 Å². The maximum atomic E-state index is 13.2. The van der Waals surface area contributed by atoms with Crippen LogP contribution in [0.1, 0.15) is 25.3 Å². The van der Waals surface area contributed by atoms with E-state index >= 15 is 0 Å². The molecule has 47 heavy (non-hydrogen) atoms. The number of dihydropyridines is 1. The van der Waals surface area contributed by atoms with Gasteiger partial charge in [-0.25, -0.2) is 19.2 Å². The van der Waals surface area contributed by atoms with Gasteiger partial charge in [0.1, 0.15) is 18.5 Å². The Morgan fingerprint density at radius 2 is 1.70 bits per heavy atom. The second-order valence-electron chi connectivity index (χ2n) is 9.70. The van der Waals surface area contributed by atoms with E-state index in [1.807, 2.05) is 18.2 Å². The molecule has 0 amide bonds. The van der Waals surface area contributed by atoms with Crippen LogP contribution in [0.3, 0.4) is 0 Å². The lowest BCUT2D eigenvalue weighted by molar-refractivity contribution is -0.384. The molecular formula is C31H37N3O13. The fraction of sp³-hybridized carbons (Fsp3) is 0.355. The number of allylic oxidation sites excluding steroid dienone is 1. The van der Waals surface area contributed by atoms with E-state index in [1.165, 1.54) is 25.3 Å². The molecule has 0 bridgehead atoms. The number of nitro benzene ring substituents is 1. The van der Waals surface area contributed by atoms with Gasteiger partial charge in [0, 0.05) is 30.9 Å². The van der Waals surface area contributed by atoms with Crippen LogP contribution in [0.2, 0.25) is 0 Å². The molecule has 0 saturated carbocycles. The van der Waals surface area contributed by atoms with Crippen molar-refractivity contribution in [3.8, 4) is 5.75 Å². The quantitative estimate of drug-likeness (QED) is 0.0602. The van der Waals surface area contributed by atoms with Gasteiger partial charge in [0.15, 0.2) is 0 Å². The fourth-order valence-corrected chi connectivity index (χ4v) is 4.35. The summed E-state index contributed by atoms with van der Waals surface area (Å²) in [7, 11) is 1.22. The molecule has 2 aromatic rings. The third-order valence-corrected chi connectivity index (χ3v) is 6.38. The number of hydrogen-bond acceptors (Lipinski definition) is 13. The highest BCUT2D eigenvalue weighted by Crippen LogP contribution is 2.40. The van der Waals surface area contributed by atoms with Crippen LogP contribution in [0, 0.1) is 10.1 Å². The normalized spacial score (nSPS) is 14.6. The molecule has 0 aliphatic carbocycles. The molecule has 254 valence electrons. The van der Waals surface area contributed by atoms with Crippen molar-refractivity contribution in [2.75, 3.05) is 46.6 Å². The summed E-state index contributed by atoms with van der Waals surface area (Å²) in [6.07, 6.45) is -0.728. The number of methoxy groups -OCH3 is 1. The standard InChI is InChI=1S/C29H35N3O9.C2H2O4/c1-4-40-29(35)27-24(18-39-14-13-30-16-22(33)17-41-23-11-6-5-7-12-23)31-19(2)25(28(34)38-3)26(27)20-9-8-10-21(15-20)32(36)37;3-1(4)2(5)6/h5-12,15,22,26,30-31,33H,4,13-14,16-18H2,1-3H3;(H,3,4)(H,5,6). The van der Waals surface area contributed by atoms with Crippen LogP contribution in [-0.2, 0) is 33.4 Å². The first-order valence-corrected chi connectivity index (χ1v) is 14.2. The number of ether oxygens (including phenoxy) is 4. The minimum Gasteiger partial charge on any atom is -0.491 e. The second kappa shape index (κ2) is 19.3. The molecule has 5 N–H and O–H groups in total. The molecule has 3 rings (SSSR count). The molecule has 0 fully saturated rings. The van der Waals surface area contributed by atoms with Crippen LogP contribution in [0.25, 0.3) is 0 Å². The summed E-state index contributed by atoms with van der Waals surface area (Å²) >= 11 is 0. The van der Waals surface area contributed by atoms with Crippen LogP contribution in [0.4, 0.5) is 5.69 Å². The number of esters is 2. The number of nitrogens with zero attached hydrogens (tertiary/aromatic N) is 1. The maximum absolute atomic E-state index is 13.2. The largest absolute Gasteiger partial charge is 0.491 e. The van der Waals surface area contributed by atoms with Gasteiger partial charge in [-0.05, 0) is 31.5 Å². The number of aliphatic hydroxyl groups is 1. The summed E-state index contributed by atoms with van der Waals surface area (Å²) < 4.78 is 21.6. The monoisotopic (exact) mass is 659 g/mol. The highest BCUT2D eigenvalue weighted by Gasteiger charge is 2.39. The van der Waals surface area contributed by atoms with Crippen molar-refractivity contribution in [1.29, 1.82) is 0 Å². The van der Waals surface area contributed by atoms with E-state index in [-0.39, 0.29) is 49.8 Å². The number of aliphatic carboxylic acids is 2. The van der Waals surface area contributed by atoms with Crippen molar-refractivity contribution < 1.29 is 58.4 Å². The predicted molar refractivity (Wildman–Crippen MR) is 164 cm³/mol. The average Bonchev–Trinajstić information content (AvgIpc) is 3.05. The smallest absolute Gasteiger partial charge is 0.414 e. The van der Waals surface area contributed by atoms with Gasteiger partial charge in [-0.1, -0.05) is 30.3 Å². The highest BCUT2D eigenvalue weighted by molar-refractivity contribution is 6.27. The molecule has 1 aliphatic rings. The molecule has 2 unspecified atom stereocenters. The molecule has 1 aliphatic heterocycles. The van der Waals surface area contributed by atoms with Gasteiger partial charge in [-0.3, -0.25) is 10.1 Å². The number of rotatable bonds is 15. The van der Waals surface area contributed by atoms with Gasteiger partial charge in [0.2, 0.25) is 0 Å². The Balaban J connectivity index is 0.00000117. The number of non-ortho nitro benzene ring substituents is 1. The highest BCUT2D eigenvalue weighted by atomic mass is 16.6. The average molecular weight is 660 g/mol. The summed E-state index contributed by atoms with van der Waals surface area (Å²) in [4.78, 5) is 55.2. The molecule has 0 aromatic heterocycles. The first kappa shape index (κ1) is 37.9. The topological polar surface area (TPSA) is 233 Å². The summed E-state index contributed by atoms with van der Waals surface area (Å²) in [5.74, 6) is -5.34. The Kier molecular flexibility index (Phi) is 15.5. The molecule has 2 aromatic carbocycles. The molecule has 1 heterocycles. The molecular weight excluding hydrogens is 622 g/mol. The zero-order chi connectivity index (χ0) is 34.9. The number of nitrogens with one attached hydrogen (secondary N) is 2. The van der Waals surface area contributed by atoms with Gasteiger partial charge >= 0.3 is 23.9 Å². The fourth-order valence-electron chi connectivity index (χ4n) is 4.35. The van der Waals surface area contributed by atoms with Crippen molar-refractivity contribution in [3.63, 3.8) is 0 Å². The number of nitro groups is 1. The Hall–Kier alpha value is -5.32. The Morgan fingerprint density at radius 3 is 2.30 bits per heavy atom. The minimum atomic E-state index is -1.82. The molecule has 16 heteroatoms. The van der Waals surface area contributed by atoms with Gasteiger partial charge in [-0.2, -0.15) is 0 Å². The third kappa shape index (κ3) is 11.8. The summed E-state index contributed by atoms with van der Waals surface area (Å²) in [5.41, 5.74) is 1.18. The van der Waals surface area contributed by atoms with Gasteiger partial charge < -0.3 is 44.9 Å². The number of carbonyl (C=O) groups excluding carboxylic acids is 2. The second-order valence-corrected chi connectivity index (χ2v) is 9.70. The lowest BCUT2D eigenvalue weighted by Crippen LogP contribution is -2.35. The SMILES string of the molecule is CCOC(=O)C1=C(COCCNCC(O)COc2ccccc2)NC(C)=C(C(=O)OC)C1c1cccc([N+](=O)[O-])c1.O=C(O)C(=O)O. The number of carboxylic acids is 2. The number of para-hydroxylation sites is 1. The Labute approximate surface area is 269 Å². The van der Waals surface area contributed by atoms with Gasteiger partial charge in [0.25, 0.3) is 5.69 Å². The lowest BCUT2D eigenvalue weighted by atomic mass is 9.80. The summed E-state index contributed by atoms with van der Waals surface area (Å²) in [5, 5.41) is 42.5. The van der Waals surface area contributed by atoms with Gasteiger partial charge in [-0.15, -0.1) is 0 Å². The number of carbonyl (C=O) groups is 4. The molecule has 16 nitrogen and oxygen atoms in total. The third-order valence-electron chi connectivity index (χ3n) is 6.38. The van der Waals surface area contributed by atoms with E-state index in [2.05, 4.69) is 10.6 Å². The zero-order valence-corrected chi connectivity index (χ0v) is 26.0. The van der Waals surface area contributed by atoms with Crippen LogP contribution in [0.5, 0.6) is 5.75 Å². The van der Waals surface area contributed by atoms with Crippen molar-refractivity contribution in [2.24, 2.45) is 0 Å². The van der Waals surface area contributed by atoms with Crippen molar-refractivity contribution in [3.05, 3.63) is 92.8 Å². The first-order valence-electron chi connectivity index (χ1n) is 14.2. The maximum Gasteiger partial charge on any atom is 0.414 e. The lowest BCUT2D eigenvalue weighted by Gasteiger charge is -2.31. The number of hydrogen-bond donors (Lipinski definition) is 5. The van der Waals surface area contributed by atoms with Crippen LogP contribution < -0.4 is 15.4 Å². The number of benzene rings is 2. The Morgan fingerprint density at radius 1 is 1.02 bits per heavy atom. The van der Waals surface area contributed by atoms with E-state index < -0.39 is 40.8 Å². The molecule has 0 spiro atoms. The molecule has 0 radical (unpaired) electrons. The zero-order valence-electron chi connectivity index (χ0n) is 26.0. The molecule has 0 saturated heterocycles. The van der Waals surface area contributed by atoms with Crippen LogP contribution in [0.15, 0.2) is 77.1 Å². The Bertz CT molecular complexity index is 1460. The predicted octanol–water partition coefficient (Wildman–Crippen LogP) is 1.75. The molecule has 2 atom stereocenters. The van der Waals surface area contributed by atoms with Crippen molar-refractivity contribution in [1.82, 2.24) is 10.6 Å². The summed E-state index contributed by atoms with van der Waals surface area (Å²) in [6.45, 7) is 4.40. The number of carboxylic acid groups (broad SMARTS) is 2. The minimum absolute atomic E-state index is 0.0350. The number of aliphatic hydroxyl groups excluding tert-OH is 1.